The number of para-hydroxylation sites is 1. The molecular weight excluding hydrogens is 524 g/mol. The second kappa shape index (κ2) is 12.5. The summed E-state index contributed by atoms with van der Waals surface area (Å²) in [6.07, 6.45) is 0. The molecule has 0 aliphatic carbocycles. The number of amides is 1. The molecular formula is C27H36N4O5S2. The zero-order valence-electron chi connectivity index (χ0n) is 22.4. The van der Waals surface area contributed by atoms with E-state index in [2.05, 4.69) is 36.9 Å². The van der Waals surface area contributed by atoms with Gasteiger partial charge in [0.1, 0.15) is 0 Å². The van der Waals surface area contributed by atoms with Crippen LogP contribution in [0.15, 0.2) is 47.4 Å². The second-order valence-corrected chi connectivity index (χ2v) is 12.5. The minimum absolute atomic E-state index is 0.101. The molecule has 4 rings (SSSR count). The quantitative estimate of drug-likeness (QED) is 0.353. The van der Waals surface area contributed by atoms with Crippen LogP contribution in [-0.2, 0) is 19.5 Å². The minimum Gasteiger partial charge on any atom is -0.383 e. The van der Waals surface area contributed by atoms with Crippen molar-refractivity contribution in [2.75, 3.05) is 71.6 Å². The first-order chi connectivity index (χ1) is 18.3. The molecule has 1 aliphatic heterocycles. The highest BCUT2D eigenvalue weighted by Crippen LogP contribution is 2.34. The molecule has 206 valence electrons. The lowest BCUT2D eigenvalue weighted by Gasteiger charge is -2.34. The summed E-state index contributed by atoms with van der Waals surface area (Å²) in [5.41, 5.74) is 2.79. The van der Waals surface area contributed by atoms with Crippen LogP contribution in [0.3, 0.4) is 0 Å². The number of rotatable bonds is 11. The first-order valence-corrected chi connectivity index (χ1v) is 15.0. The highest BCUT2D eigenvalue weighted by atomic mass is 32.2. The van der Waals surface area contributed by atoms with Gasteiger partial charge in [0.2, 0.25) is 10.0 Å². The molecule has 38 heavy (non-hydrogen) atoms. The average Bonchev–Trinajstić information content (AvgIpc) is 3.37. The number of fused-ring (bicyclic) bond motifs is 1. The van der Waals surface area contributed by atoms with E-state index in [1.807, 2.05) is 4.90 Å². The van der Waals surface area contributed by atoms with Gasteiger partial charge in [-0.05, 0) is 41.8 Å². The lowest BCUT2D eigenvalue weighted by molar-refractivity contribution is 0.0746. The number of anilines is 1. The van der Waals surface area contributed by atoms with Gasteiger partial charge < -0.3 is 19.3 Å². The predicted molar refractivity (Wildman–Crippen MR) is 151 cm³/mol. The Morgan fingerprint density at radius 1 is 1.00 bits per heavy atom. The Kier molecular flexibility index (Phi) is 9.37. The fourth-order valence-electron chi connectivity index (χ4n) is 4.50. The summed E-state index contributed by atoms with van der Waals surface area (Å²) in [5.74, 6) is 0.305. The topological polar surface area (TPSA) is 92.3 Å². The largest absolute Gasteiger partial charge is 0.383 e. The molecule has 0 radical (unpaired) electrons. The summed E-state index contributed by atoms with van der Waals surface area (Å²) >= 11 is 1.69. The molecule has 0 atom stereocenters. The van der Waals surface area contributed by atoms with Gasteiger partial charge in [-0.15, -0.1) is 0 Å². The van der Waals surface area contributed by atoms with E-state index in [1.54, 1.807) is 23.5 Å². The Labute approximate surface area is 229 Å². The highest BCUT2D eigenvalue weighted by molar-refractivity contribution is 7.89. The van der Waals surface area contributed by atoms with Gasteiger partial charge in [0.05, 0.1) is 28.3 Å². The normalized spacial score (nSPS) is 14.7. The van der Waals surface area contributed by atoms with E-state index in [4.69, 9.17) is 14.5 Å². The number of piperazine rings is 1. The molecule has 0 N–H and O–H groups in total. The molecule has 1 amide bonds. The van der Waals surface area contributed by atoms with Crippen molar-refractivity contribution >= 4 is 42.6 Å². The monoisotopic (exact) mass is 560 g/mol. The third kappa shape index (κ3) is 6.18. The van der Waals surface area contributed by atoms with E-state index >= 15 is 0 Å². The summed E-state index contributed by atoms with van der Waals surface area (Å²) in [6, 6.07) is 12.5. The molecule has 11 heteroatoms. The van der Waals surface area contributed by atoms with E-state index in [0.29, 0.717) is 37.7 Å². The number of hydrogen-bond acceptors (Lipinski definition) is 8. The fourth-order valence-corrected chi connectivity index (χ4v) is 6.96. The van der Waals surface area contributed by atoms with Crippen molar-refractivity contribution in [3.63, 3.8) is 0 Å². The SMILES string of the molecule is COCCN(CCOC)S(=O)(=O)c1ccc(C(=O)N2CCN(c3nc4c(C(C)C)cccc4s3)CC2)cc1. The Balaban J connectivity index is 1.41. The number of benzene rings is 2. The molecule has 1 aromatic heterocycles. The highest BCUT2D eigenvalue weighted by Gasteiger charge is 2.27. The number of nitrogens with zero attached hydrogens (tertiary/aromatic N) is 4. The van der Waals surface area contributed by atoms with Gasteiger partial charge in [0, 0.05) is 59.1 Å². The van der Waals surface area contributed by atoms with Gasteiger partial charge in [-0.25, -0.2) is 13.4 Å². The van der Waals surface area contributed by atoms with Crippen LogP contribution in [0.5, 0.6) is 0 Å². The van der Waals surface area contributed by atoms with Crippen LogP contribution in [0.2, 0.25) is 0 Å². The van der Waals surface area contributed by atoms with Gasteiger partial charge in [-0.1, -0.05) is 37.3 Å². The Hall–Kier alpha value is -2.57. The van der Waals surface area contributed by atoms with E-state index < -0.39 is 10.0 Å². The summed E-state index contributed by atoms with van der Waals surface area (Å²) in [4.78, 5) is 22.3. The molecule has 2 aromatic carbocycles. The van der Waals surface area contributed by atoms with Crippen LogP contribution in [0, 0.1) is 0 Å². The van der Waals surface area contributed by atoms with E-state index in [0.717, 1.165) is 10.6 Å². The molecule has 1 fully saturated rings. The van der Waals surface area contributed by atoms with Gasteiger partial charge >= 0.3 is 0 Å². The van der Waals surface area contributed by atoms with Gasteiger partial charge in [-0.3, -0.25) is 4.79 Å². The smallest absolute Gasteiger partial charge is 0.253 e. The van der Waals surface area contributed by atoms with Crippen LogP contribution in [-0.4, -0.2) is 95.2 Å². The van der Waals surface area contributed by atoms with Crippen molar-refractivity contribution in [1.82, 2.24) is 14.2 Å². The van der Waals surface area contributed by atoms with Crippen LogP contribution in [0.1, 0.15) is 35.7 Å². The number of methoxy groups -OCH3 is 2. The van der Waals surface area contributed by atoms with Crippen molar-refractivity contribution in [2.45, 2.75) is 24.7 Å². The van der Waals surface area contributed by atoms with Crippen molar-refractivity contribution in [2.24, 2.45) is 0 Å². The van der Waals surface area contributed by atoms with Crippen LogP contribution in [0.4, 0.5) is 5.13 Å². The Morgan fingerprint density at radius 2 is 1.63 bits per heavy atom. The number of sulfonamides is 1. The number of carbonyl (C=O) groups excluding carboxylic acids is 1. The number of ether oxygens (including phenoxy) is 2. The van der Waals surface area contributed by atoms with Crippen molar-refractivity contribution < 1.29 is 22.7 Å². The van der Waals surface area contributed by atoms with Crippen LogP contribution >= 0.6 is 11.3 Å². The molecule has 0 spiro atoms. The maximum Gasteiger partial charge on any atom is 0.253 e. The molecule has 2 heterocycles. The van der Waals surface area contributed by atoms with Crippen molar-refractivity contribution in [3.05, 3.63) is 53.6 Å². The third-order valence-electron chi connectivity index (χ3n) is 6.73. The number of aromatic nitrogens is 1. The molecule has 0 bridgehead atoms. The summed E-state index contributed by atoms with van der Waals surface area (Å²) in [7, 11) is -0.673. The summed E-state index contributed by atoms with van der Waals surface area (Å²) < 4.78 is 38.9. The lowest BCUT2D eigenvalue weighted by Crippen LogP contribution is -2.48. The zero-order valence-corrected chi connectivity index (χ0v) is 24.1. The van der Waals surface area contributed by atoms with Crippen LogP contribution in [0.25, 0.3) is 10.2 Å². The Morgan fingerprint density at radius 3 is 2.21 bits per heavy atom. The van der Waals surface area contributed by atoms with E-state index in [1.165, 1.54) is 40.9 Å². The average molecular weight is 561 g/mol. The predicted octanol–water partition coefficient (Wildman–Crippen LogP) is 3.67. The number of thiazole rings is 1. The number of hydrogen-bond donors (Lipinski definition) is 0. The standard InChI is InChI=1S/C27H36N4O5S2/c1-20(2)23-6-5-7-24-25(23)28-27(37-24)30-14-12-29(13-15-30)26(32)21-8-10-22(11-9-21)38(33,34)31(16-18-35-3)17-19-36-4/h5-11,20H,12-19H2,1-4H3. The molecule has 0 unspecified atom stereocenters. The maximum atomic E-state index is 13.2. The first-order valence-electron chi connectivity index (χ1n) is 12.8. The van der Waals surface area contributed by atoms with Crippen molar-refractivity contribution in [3.8, 4) is 0 Å². The summed E-state index contributed by atoms with van der Waals surface area (Å²) in [6.45, 7) is 7.91. The lowest BCUT2D eigenvalue weighted by atomic mass is 10.0. The van der Waals surface area contributed by atoms with Crippen molar-refractivity contribution in [1.29, 1.82) is 0 Å². The number of carbonyl (C=O) groups is 1. The molecule has 1 saturated heterocycles. The summed E-state index contributed by atoms with van der Waals surface area (Å²) in [5, 5.41) is 0.987. The second-order valence-electron chi connectivity index (χ2n) is 9.54. The zero-order chi connectivity index (χ0) is 27.3. The molecule has 3 aromatic rings. The fraction of sp³-hybridized carbons (Fsp3) is 0.481. The minimum atomic E-state index is -3.73. The maximum absolute atomic E-state index is 13.2. The van der Waals surface area contributed by atoms with Gasteiger partial charge in [-0.2, -0.15) is 4.31 Å². The molecule has 0 saturated carbocycles. The molecule has 9 nitrogen and oxygen atoms in total. The third-order valence-corrected chi connectivity index (χ3v) is 9.72. The van der Waals surface area contributed by atoms with E-state index in [-0.39, 0.29) is 37.1 Å². The first kappa shape index (κ1) is 28.4. The van der Waals surface area contributed by atoms with E-state index in [9.17, 15) is 13.2 Å². The van der Waals surface area contributed by atoms with Gasteiger partial charge in [0.15, 0.2) is 5.13 Å². The Bertz CT molecular complexity index is 1330. The molecule has 1 aliphatic rings. The van der Waals surface area contributed by atoms with Gasteiger partial charge in [0.25, 0.3) is 5.91 Å². The van der Waals surface area contributed by atoms with Crippen LogP contribution < -0.4 is 4.90 Å².